The predicted octanol–water partition coefficient (Wildman–Crippen LogP) is 15.5. The molecule has 11 aromatic rings. The Hall–Kier alpha value is -8.27. The summed E-state index contributed by atoms with van der Waals surface area (Å²) in [5.41, 5.74) is 17.5. The summed E-state index contributed by atoms with van der Waals surface area (Å²) in [5, 5.41) is 5.08. The minimum absolute atomic E-state index is 0.633. The van der Waals surface area contributed by atoms with Crippen LogP contribution >= 0.6 is 0 Å². The molecule has 1 aliphatic rings. The first-order chi connectivity index (χ1) is 30.7. The average Bonchev–Trinajstić information content (AvgIpc) is 3.68. The molecule has 12 rings (SSSR count). The van der Waals surface area contributed by atoms with E-state index in [1.807, 2.05) is 36.4 Å². The van der Waals surface area contributed by atoms with Gasteiger partial charge in [0.2, 0.25) is 0 Å². The molecule has 62 heavy (non-hydrogen) atoms. The van der Waals surface area contributed by atoms with Gasteiger partial charge in [0.1, 0.15) is 0 Å². The highest BCUT2D eigenvalue weighted by Gasteiger charge is 2.22. The Morgan fingerprint density at radius 2 is 0.661 bits per heavy atom. The molecule has 0 atom stereocenters. The van der Waals surface area contributed by atoms with E-state index >= 15 is 0 Å². The molecule has 0 spiro atoms. The van der Waals surface area contributed by atoms with Crippen molar-refractivity contribution in [1.82, 2.24) is 15.0 Å². The lowest BCUT2D eigenvalue weighted by Crippen LogP contribution is -2.00. The molecule has 0 fully saturated rings. The standard InChI is InChI=1S/C59H37N3/c1-3-11-38(12-4-1)39-23-29-46(30-24-39)58-60-57(45-14-5-2-6-15-45)61-59(62-58)47-31-25-42(26-32-47)50-35-33-41-13-7-8-18-49(41)55(50)44-27-21-40(22-28-44)48-34-36-51-52-19-9-16-43-17-10-20-53(56(43)52)54(51)37-48/h1-37H. The van der Waals surface area contributed by atoms with Crippen molar-refractivity contribution < 1.29 is 0 Å². The van der Waals surface area contributed by atoms with E-state index in [1.54, 1.807) is 0 Å². The van der Waals surface area contributed by atoms with Crippen LogP contribution in [-0.2, 0) is 0 Å². The van der Waals surface area contributed by atoms with Crippen LogP contribution in [-0.4, -0.2) is 15.0 Å². The van der Waals surface area contributed by atoms with Crippen LogP contribution in [0.1, 0.15) is 0 Å². The van der Waals surface area contributed by atoms with Crippen molar-refractivity contribution in [3.63, 3.8) is 0 Å². The second-order valence-electron chi connectivity index (χ2n) is 15.9. The van der Waals surface area contributed by atoms with Gasteiger partial charge < -0.3 is 0 Å². The van der Waals surface area contributed by atoms with Crippen molar-refractivity contribution in [1.29, 1.82) is 0 Å². The predicted molar refractivity (Wildman–Crippen MR) is 257 cm³/mol. The molecular weight excluding hydrogens is 751 g/mol. The van der Waals surface area contributed by atoms with E-state index in [-0.39, 0.29) is 0 Å². The monoisotopic (exact) mass is 787 g/mol. The van der Waals surface area contributed by atoms with Crippen molar-refractivity contribution in [2.24, 2.45) is 0 Å². The highest BCUT2D eigenvalue weighted by atomic mass is 15.0. The fourth-order valence-electron chi connectivity index (χ4n) is 9.22. The fraction of sp³-hybridized carbons (Fsp3) is 0. The molecule has 0 bridgehead atoms. The van der Waals surface area contributed by atoms with Gasteiger partial charge in [-0.1, -0.05) is 218 Å². The van der Waals surface area contributed by atoms with E-state index in [4.69, 9.17) is 15.0 Å². The fourth-order valence-corrected chi connectivity index (χ4v) is 9.22. The van der Waals surface area contributed by atoms with Gasteiger partial charge in [-0.2, -0.15) is 0 Å². The van der Waals surface area contributed by atoms with E-state index < -0.39 is 0 Å². The molecule has 1 aliphatic carbocycles. The largest absolute Gasteiger partial charge is 0.208 e. The first kappa shape index (κ1) is 35.7. The normalized spacial score (nSPS) is 11.5. The van der Waals surface area contributed by atoms with Crippen LogP contribution in [0, 0.1) is 0 Å². The first-order valence-corrected chi connectivity index (χ1v) is 21.1. The molecule has 0 N–H and O–H groups in total. The van der Waals surface area contributed by atoms with Gasteiger partial charge in [0.25, 0.3) is 0 Å². The van der Waals surface area contributed by atoms with Gasteiger partial charge in [-0.15, -0.1) is 0 Å². The zero-order valence-corrected chi connectivity index (χ0v) is 33.7. The lowest BCUT2D eigenvalue weighted by Gasteiger charge is -2.15. The molecule has 1 heterocycles. The topological polar surface area (TPSA) is 38.7 Å². The van der Waals surface area contributed by atoms with Crippen LogP contribution in [0.5, 0.6) is 0 Å². The van der Waals surface area contributed by atoms with Gasteiger partial charge in [0.05, 0.1) is 0 Å². The number of hydrogen-bond donors (Lipinski definition) is 0. The van der Waals surface area contributed by atoms with Gasteiger partial charge >= 0.3 is 0 Å². The molecule has 1 aromatic heterocycles. The summed E-state index contributed by atoms with van der Waals surface area (Å²) >= 11 is 0. The average molecular weight is 788 g/mol. The molecule has 10 aromatic carbocycles. The molecule has 288 valence electrons. The first-order valence-electron chi connectivity index (χ1n) is 21.1. The maximum Gasteiger partial charge on any atom is 0.164 e. The zero-order chi connectivity index (χ0) is 41.0. The van der Waals surface area contributed by atoms with E-state index in [0.717, 1.165) is 27.8 Å². The lowest BCUT2D eigenvalue weighted by atomic mass is 9.88. The smallest absolute Gasteiger partial charge is 0.164 e. The Morgan fingerprint density at radius 1 is 0.226 bits per heavy atom. The molecular formula is C59H37N3. The maximum absolute atomic E-state index is 5.06. The molecule has 0 unspecified atom stereocenters. The van der Waals surface area contributed by atoms with Gasteiger partial charge in [-0.3, -0.25) is 0 Å². The SMILES string of the molecule is c1ccc(-c2ccc(-c3nc(-c4ccccc4)nc(-c4ccc(-c5ccc6ccccc6c5-c5ccc(-c6ccc7c(c6)-c6cccc8cccc-7c68)cc5)cc4)n3)cc2)cc1. The van der Waals surface area contributed by atoms with Gasteiger partial charge in [0, 0.05) is 16.7 Å². The number of rotatable bonds is 7. The van der Waals surface area contributed by atoms with Crippen molar-refractivity contribution in [2.45, 2.75) is 0 Å². The highest BCUT2D eigenvalue weighted by molar-refractivity contribution is 6.15. The Balaban J connectivity index is 0.902. The van der Waals surface area contributed by atoms with Crippen LogP contribution in [0.15, 0.2) is 224 Å². The van der Waals surface area contributed by atoms with Crippen molar-refractivity contribution in [3.05, 3.63) is 224 Å². The summed E-state index contributed by atoms with van der Waals surface area (Å²) in [6.45, 7) is 0. The Morgan fingerprint density at radius 3 is 1.31 bits per heavy atom. The van der Waals surface area contributed by atoms with Crippen LogP contribution < -0.4 is 0 Å². The number of benzene rings is 10. The number of aromatic nitrogens is 3. The summed E-state index contributed by atoms with van der Waals surface area (Å²) in [4.78, 5) is 15.1. The second kappa shape index (κ2) is 14.8. The van der Waals surface area contributed by atoms with Crippen LogP contribution in [0.3, 0.4) is 0 Å². The summed E-state index contributed by atoms with van der Waals surface area (Å²) < 4.78 is 0. The number of nitrogens with zero attached hydrogens (tertiary/aromatic N) is 3. The molecule has 0 aliphatic heterocycles. The Bertz CT molecular complexity index is 3460. The molecule has 3 heteroatoms. The second-order valence-corrected chi connectivity index (χ2v) is 15.9. The van der Waals surface area contributed by atoms with Crippen molar-refractivity contribution in [2.75, 3.05) is 0 Å². The number of fused-ring (bicyclic) bond motifs is 4. The van der Waals surface area contributed by atoms with Crippen molar-refractivity contribution in [3.8, 4) is 101 Å². The summed E-state index contributed by atoms with van der Waals surface area (Å²) in [5.74, 6) is 1.92. The molecule has 3 nitrogen and oxygen atoms in total. The van der Waals surface area contributed by atoms with Crippen molar-refractivity contribution >= 4 is 21.5 Å². The van der Waals surface area contributed by atoms with E-state index in [2.05, 4.69) is 188 Å². The third-order valence-corrected chi connectivity index (χ3v) is 12.3. The quantitative estimate of drug-likeness (QED) is 0.161. The number of hydrogen-bond acceptors (Lipinski definition) is 3. The molecule has 0 saturated carbocycles. The van der Waals surface area contributed by atoms with E-state index in [1.165, 1.54) is 77.2 Å². The van der Waals surface area contributed by atoms with Crippen LogP contribution in [0.4, 0.5) is 0 Å². The molecule has 0 amide bonds. The summed E-state index contributed by atoms with van der Waals surface area (Å²) in [6.07, 6.45) is 0. The van der Waals surface area contributed by atoms with E-state index in [0.29, 0.717) is 17.5 Å². The third-order valence-electron chi connectivity index (χ3n) is 12.3. The third kappa shape index (κ3) is 6.18. The van der Waals surface area contributed by atoms with Crippen LogP contribution in [0.2, 0.25) is 0 Å². The van der Waals surface area contributed by atoms with E-state index in [9.17, 15) is 0 Å². The lowest BCUT2D eigenvalue weighted by molar-refractivity contribution is 1.07. The van der Waals surface area contributed by atoms with Crippen LogP contribution in [0.25, 0.3) is 122 Å². The minimum Gasteiger partial charge on any atom is -0.208 e. The Kier molecular flexibility index (Phi) is 8.50. The van der Waals surface area contributed by atoms with Gasteiger partial charge in [0.15, 0.2) is 17.5 Å². The van der Waals surface area contributed by atoms with Gasteiger partial charge in [-0.25, -0.2) is 15.0 Å². The molecule has 0 radical (unpaired) electrons. The zero-order valence-electron chi connectivity index (χ0n) is 33.7. The Labute approximate surface area is 360 Å². The molecule has 0 saturated heterocycles. The summed E-state index contributed by atoms with van der Waals surface area (Å²) in [6, 6.07) is 80.1. The minimum atomic E-state index is 0.633. The maximum atomic E-state index is 5.06. The van der Waals surface area contributed by atoms with Gasteiger partial charge in [-0.05, 0) is 94.4 Å². The highest BCUT2D eigenvalue weighted by Crippen LogP contribution is 2.48. The summed E-state index contributed by atoms with van der Waals surface area (Å²) in [7, 11) is 0.